The first-order valence-corrected chi connectivity index (χ1v) is 21.0. The minimum Gasteiger partial charge on any atom is -0.756 e. The zero-order chi connectivity index (χ0) is 35.1. The second-order valence-corrected chi connectivity index (χ2v) is 16.0. The molecule has 0 aliphatic carbocycles. The van der Waals surface area contributed by atoms with Gasteiger partial charge in [-0.25, -0.2) is 0 Å². The third-order valence-electron chi connectivity index (χ3n) is 8.75. The van der Waals surface area contributed by atoms with Crippen LogP contribution in [-0.4, -0.2) is 68.5 Å². The molecule has 1 amide bonds. The maximum atomic E-state index is 12.7. The molecule has 280 valence electrons. The molecular formula is C38H77N2O6P. The first-order chi connectivity index (χ1) is 22.5. The van der Waals surface area contributed by atoms with Crippen molar-refractivity contribution >= 4 is 13.7 Å². The first-order valence-electron chi connectivity index (χ1n) is 19.5. The molecule has 3 atom stereocenters. The Labute approximate surface area is 291 Å². The summed E-state index contributed by atoms with van der Waals surface area (Å²) < 4.78 is 23.1. The Bertz CT molecular complexity index is 789. The van der Waals surface area contributed by atoms with Gasteiger partial charge in [0.1, 0.15) is 13.2 Å². The van der Waals surface area contributed by atoms with Crippen molar-refractivity contribution in [1.82, 2.24) is 5.32 Å². The van der Waals surface area contributed by atoms with Gasteiger partial charge in [0.05, 0.1) is 39.9 Å². The quantitative estimate of drug-likeness (QED) is 0.0297. The average Bonchev–Trinajstić information content (AvgIpc) is 3.01. The number of likely N-dealkylation sites (N-methyl/N-ethyl adjacent to an activating group) is 1. The Morgan fingerprint density at radius 2 is 1.17 bits per heavy atom. The van der Waals surface area contributed by atoms with E-state index in [9.17, 15) is 19.4 Å². The van der Waals surface area contributed by atoms with Gasteiger partial charge in [-0.3, -0.25) is 9.36 Å². The normalized spacial score (nSPS) is 14.8. The van der Waals surface area contributed by atoms with Crippen LogP contribution in [0.3, 0.4) is 0 Å². The molecular weight excluding hydrogens is 611 g/mol. The Balaban J connectivity index is 4.45. The number of phosphoric acid groups is 1. The Morgan fingerprint density at radius 3 is 1.66 bits per heavy atom. The van der Waals surface area contributed by atoms with Crippen molar-refractivity contribution in [2.45, 2.75) is 187 Å². The van der Waals surface area contributed by atoms with Crippen LogP contribution in [0.2, 0.25) is 0 Å². The van der Waals surface area contributed by atoms with Crippen LogP contribution in [0.15, 0.2) is 12.2 Å². The molecule has 47 heavy (non-hydrogen) atoms. The number of amides is 1. The van der Waals surface area contributed by atoms with Gasteiger partial charge in [-0.2, -0.15) is 0 Å². The van der Waals surface area contributed by atoms with E-state index in [1.54, 1.807) is 0 Å². The van der Waals surface area contributed by atoms with Crippen LogP contribution < -0.4 is 10.2 Å². The fraction of sp³-hybridized carbons (Fsp3) is 0.921. The lowest BCUT2D eigenvalue weighted by Gasteiger charge is -2.30. The summed E-state index contributed by atoms with van der Waals surface area (Å²) in [7, 11) is 1.29. The summed E-state index contributed by atoms with van der Waals surface area (Å²) in [6, 6.07) is -0.808. The van der Waals surface area contributed by atoms with Gasteiger partial charge < -0.3 is 28.8 Å². The molecule has 0 aromatic carbocycles. The highest BCUT2D eigenvalue weighted by Crippen LogP contribution is 2.38. The predicted molar refractivity (Wildman–Crippen MR) is 196 cm³/mol. The smallest absolute Gasteiger partial charge is 0.268 e. The molecule has 8 nitrogen and oxygen atoms in total. The summed E-state index contributed by atoms with van der Waals surface area (Å²) in [5.74, 6) is -0.179. The number of hydrogen-bond acceptors (Lipinski definition) is 6. The monoisotopic (exact) mass is 689 g/mol. The van der Waals surface area contributed by atoms with Gasteiger partial charge in [-0.1, -0.05) is 142 Å². The van der Waals surface area contributed by atoms with Gasteiger partial charge in [-0.15, -0.1) is 0 Å². The Kier molecular flexibility index (Phi) is 30.7. The van der Waals surface area contributed by atoms with E-state index in [4.69, 9.17) is 9.05 Å². The van der Waals surface area contributed by atoms with Crippen LogP contribution in [0, 0.1) is 0 Å². The van der Waals surface area contributed by atoms with Crippen molar-refractivity contribution in [2.24, 2.45) is 0 Å². The maximum Gasteiger partial charge on any atom is 0.268 e. The van der Waals surface area contributed by atoms with E-state index in [0.717, 1.165) is 44.9 Å². The predicted octanol–water partition coefficient (Wildman–Crippen LogP) is 9.39. The van der Waals surface area contributed by atoms with Crippen LogP contribution in [0.5, 0.6) is 0 Å². The van der Waals surface area contributed by atoms with E-state index in [0.29, 0.717) is 23.9 Å². The highest BCUT2D eigenvalue weighted by atomic mass is 31.2. The van der Waals surface area contributed by atoms with Crippen molar-refractivity contribution in [1.29, 1.82) is 0 Å². The molecule has 0 heterocycles. The molecule has 0 aliphatic heterocycles. The fourth-order valence-corrected chi connectivity index (χ4v) is 6.28. The van der Waals surface area contributed by atoms with E-state index in [1.165, 1.54) is 103 Å². The van der Waals surface area contributed by atoms with Crippen LogP contribution in [0.4, 0.5) is 0 Å². The fourth-order valence-electron chi connectivity index (χ4n) is 5.56. The molecule has 0 aliphatic rings. The second kappa shape index (κ2) is 31.2. The number of phosphoric ester groups is 1. The summed E-state index contributed by atoms with van der Waals surface area (Å²) >= 11 is 0. The van der Waals surface area contributed by atoms with Crippen molar-refractivity contribution in [2.75, 3.05) is 40.9 Å². The number of aliphatic hydroxyl groups is 1. The second-order valence-electron chi connectivity index (χ2n) is 14.6. The number of nitrogens with zero attached hydrogens (tertiary/aromatic N) is 1. The number of carbonyl (C=O) groups excluding carboxylic acids is 1. The molecule has 0 saturated carbocycles. The average molecular weight is 689 g/mol. The van der Waals surface area contributed by atoms with Crippen molar-refractivity contribution < 1.29 is 32.9 Å². The summed E-state index contributed by atoms with van der Waals surface area (Å²) in [6.45, 7) is 4.66. The minimum absolute atomic E-state index is 0.00910. The number of unbranched alkanes of at least 4 members (excludes halogenated alkanes) is 20. The van der Waals surface area contributed by atoms with E-state index in [1.807, 2.05) is 21.1 Å². The topological polar surface area (TPSA) is 108 Å². The number of quaternary nitrogens is 1. The first kappa shape index (κ1) is 46.2. The molecule has 0 aromatic heterocycles. The van der Waals surface area contributed by atoms with Gasteiger partial charge in [-0.05, 0) is 38.5 Å². The van der Waals surface area contributed by atoms with Gasteiger partial charge in [0.25, 0.3) is 7.82 Å². The molecule has 0 saturated heterocycles. The molecule has 9 heteroatoms. The lowest BCUT2D eigenvalue weighted by molar-refractivity contribution is -0.870. The lowest BCUT2D eigenvalue weighted by atomic mass is 10.0. The van der Waals surface area contributed by atoms with E-state index in [2.05, 4.69) is 31.3 Å². The zero-order valence-electron chi connectivity index (χ0n) is 31.5. The van der Waals surface area contributed by atoms with Crippen molar-refractivity contribution in [3.8, 4) is 0 Å². The molecule has 0 radical (unpaired) electrons. The van der Waals surface area contributed by atoms with Crippen LogP contribution in [0.25, 0.3) is 0 Å². The Hall–Kier alpha value is -0.760. The lowest BCUT2D eigenvalue weighted by Crippen LogP contribution is -2.46. The maximum absolute atomic E-state index is 12.7. The van der Waals surface area contributed by atoms with Gasteiger partial charge >= 0.3 is 0 Å². The molecule has 2 N–H and O–H groups in total. The minimum atomic E-state index is -4.56. The third-order valence-corrected chi connectivity index (χ3v) is 9.72. The van der Waals surface area contributed by atoms with Crippen LogP contribution in [-0.2, 0) is 18.4 Å². The molecule has 0 aromatic rings. The van der Waals surface area contributed by atoms with E-state index in [-0.39, 0.29) is 19.1 Å². The van der Waals surface area contributed by atoms with E-state index < -0.39 is 20.0 Å². The number of rotatable bonds is 35. The molecule has 0 bridgehead atoms. The van der Waals surface area contributed by atoms with E-state index >= 15 is 0 Å². The number of aliphatic hydroxyl groups excluding tert-OH is 1. The van der Waals surface area contributed by atoms with Crippen LogP contribution >= 0.6 is 7.82 Å². The van der Waals surface area contributed by atoms with Gasteiger partial charge in [0.15, 0.2) is 0 Å². The largest absolute Gasteiger partial charge is 0.756 e. The molecule has 0 fully saturated rings. The standard InChI is InChI=1S/C38H77N2O6P/c1-6-8-10-12-14-16-17-18-19-20-21-22-24-25-27-29-31-37(41)36(35-46-47(43,44)45-34-33-40(3,4)5)39-38(42)32-30-28-26-23-15-13-11-9-7-2/h22,24,36-37,41H,6-21,23,25-35H2,1-5H3,(H-,39,42,43,44)/b24-22+/t36-,37+/m1/s1. The van der Waals surface area contributed by atoms with Gasteiger partial charge in [0.2, 0.25) is 5.91 Å². The molecule has 0 rings (SSSR count). The summed E-state index contributed by atoms with van der Waals surface area (Å²) in [6.07, 6.45) is 32.2. The van der Waals surface area contributed by atoms with Crippen LogP contribution in [0.1, 0.15) is 174 Å². The highest BCUT2D eigenvalue weighted by Gasteiger charge is 2.24. The molecule has 1 unspecified atom stereocenters. The van der Waals surface area contributed by atoms with Crippen molar-refractivity contribution in [3.63, 3.8) is 0 Å². The number of allylic oxidation sites excluding steroid dienone is 2. The number of hydrogen-bond donors (Lipinski definition) is 2. The van der Waals surface area contributed by atoms with Crippen molar-refractivity contribution in [3.05, 3.63) is 12.2 Å². The number of nitrogens with one attached hydrogen (secondary N) is 1. The van der Waals surface area contributed by atoms with Gasteiger partial charge in [0, 0.05) is 6.42 Å². The Morgan fingerprint density at radius 1 is 0.723 bits per heavy atom. The highest BCUT2D eigenvalue weighted by molar-refractivity contribution is 7.45. The zero-order valence-corrected chi connectivity index (χ0v) is 32.4. The summed E-state index contributed by atoms with van der Waals surface area (Å²) in [5, 5.41) is 13.8. The number of carbonyl (C=O) groups is 1. The summed E-state index contributed by atoms with van der Waals surface area (Å²) in [4.78, 5) is 25.1. The third kappa shape index (κ3) is 33.5. The SMILES string of the molecule is CCCCCCCCCCCC/C=C/CCCC[C@H](O)[C@@H](COP(=O)([O-])OCC[N+](C)(C)C)NC(=O)CCCCCCCCCCC. The molecule has 0 spiro atoms. The summed E-state index contributed by atoms with van der Waals surface area (Å²) in [5.41, 5.74) is 0.